The number of hydrogen-bond acceptors (Lipinski definition) is 5. The van der Waals surface area contributed by atoms with Crippen LogP contribution < -0.4 is 10.1 Å². The molecule has 0 atom stereocenters. The topological polar surface area (TPSA) is 92.8 Å². The molecule has 2 aromatic heterocycles. The Morgan fingerprint density at radius 1 is 1.06 bits per heavy atom. The van der Waals surface area contributed by atoms with Crippen LogP contribution in [0.2, 0.25) is 0 Å². The molecule has 0 aliphatic heterocycles. The predicted octanol–water partition coefficient (Wildman–Crippen LogP) is 5.32. The second kappa shape index (κ2) is 9.75. The number of nitriles is 1. The third kappa shape index (κ3) is 4.62. The minimum Gasteiger partial charge on any atom is -0.493 e. The lowest BCUT2D eigenvalue weighted by Crippen LogP contribution is -2.17. The zero-order chi connectivity index (χ0) is 24.2. The third-order valence-electron chi connectivity index (χ3n) is 5.80. The zero-order valence-corrected chi connectivity index (χ0v) is 19.8. The van der Waals surface area contributed by atoms with Gasteiger partial charge in [0.05, 0.1) is 18.3 Å². The molecule has 0 bridgehead atoms. The van der Waals surface area contributed by atoms with E-state index in [4.69, 9.17) is 9.72 Å². The van der Waals surface area contributed by atoms with Crippen LogP contribution in [0.5, 0.6) is 5.75 Å². The normalized spacial score (nSPS) is 10.8. The third-order valence-corrected chi connectivity index (χ3v) is 5.80. The number of anilines is 1. The van der Waals surface area contributed by atoms with Gasteiger partial charge in [0.15, 0.2) is 11.6 Å². The average Bonchev–Trinajstić information content (AvgIpc) is 3.21. The van der Waals surface area contributed by atoms with E-state index in [2.05, 4.69) is 16.5 Å². The molecule has 1 amide bonds. The molecule has 2 aromatic carbocycles. The Bertz CT molecular complexity index is 1390. The van der Waals surface area contributed by atoms with Gasteiger partial charge in [-0.3, -0.25) is 4.79 Å². The van der Waals surface area contributed by atoms with Gasteiger partial charge in [-0.05, 0) is 62.4 Å². The molecule has 0 fully saturated rings. The van der Waals surface area contributed by atoms with Crippen molar-refractivity contribution in [3.05, 3.63) is 76.5 Å². The molecule has 2 heterocycles. The molecule has 0 aliphatic rings. The summed E-state index contributed by atoms with van der Waals surface area (Å²) in [6.45, 7) is 8.45. The maximum atomic E-state index is 12.7. The number of aryl methyl sites for hydroxylation is 4. The Morgan fingerprint density at radius 2 is 1.76 bits per heavy atom. The van der Waals surface area contributed by atoms with Crippen molar-refractivity contribution in [1.82, 2.24) is 14.8 Å². The fourth-order valence-corrected chi connectivity index (χ4v) is 4.00. The molecule has 0 radical (unpaired) electrons. The van der Waals surface area contributed by atoms with E-state index in [1.807, 2.05) is 70.2 Å². The standard InChI is InChI=1S/C27H27N5O2/c1-17-8-6-11-22-20(4)14-23(30-25(17)22)32-27(21(15-28)16-29-32)31-24(33)12-7-13-34-26-18(2)9-5-10-19(26)3/h5-6,8-11,14,16H,7,12-13H2,1-4H3,(H,31,33). The van der Waals surface area contributed by atoms with E-state index in [1.165, 1.54) is 10.9 Å². The summed E-state index contributed by atoms with van der Waals surface area (Å²) in [6, 6.07) is 16.1. The minimum absolute atomic E-state index is 0.211. The molecule has 34 heavy (non-hydrogen) atoms. The highest BCUT2D eigenvalue weighted by atomic mass is 16.5. The average molecular weight is 454 g/mol. The SMILES string of the molecule is Cc1cccc(C)c1OCCCC(=O)Nc1c(C#N)cnn1-c1cc(C)c2cccc(C)c2n1. The van der Waals surface area contributed by atoms with E-state index in [0.29, 0.717) is 24.7 Å². The van der Waals surface area contributed by atoms with Crippen molar-refractivity contribution in [3.63, 3.8) is 0 Å². The van der Waals surface area contributed by atoms with E-state index in [1.54, 1.807) is 0 Å². The van der Waals surface area contributed by atoms with Gasteiger partial charge in [-0.2, -0.15) is 15.0 Å². The molecule has 4 aromatic rings. The molecule has 7 heteroatoms. The van der Waals surface area contributed by atoms with Gasteiger partial charge < -0.3 is 10.1 Å². The number of aromatic nitrogens is 3. The van der Waals surface area contributed by atoms with Crippen molar-refractivity contribution < 1.29 is 9.53 Å². The summed E-state index contributed by atoms with van der Waals surface area (Å²) in [4.78, 5) is 17.5. The number of nitrogens with zero attached hydrogens (tertiary/aromatic N) is 4. The summed E-state index contributed by atoms with van der Waals surface area (Å²) in [6.07, 6.45) is 2.24. The van der Waals surface area contributed by atoms with E-state index in [-0.39, 0.29) is 17.9 Å². The maximum absolute atomic E-state index is 12.7. The number of benzene rings is 2. The van der Waals surface area contributed by atoms with Crippen LogP contribution in [-0.2, 0) is 4.79 Å². The van der Waals surface area contributed by atoms with Crippen molar-refractivity contribution in [2.75, 3.05) is 11.9 Å². The molecule has 172 valence electrons. The van der Waals surface area contributed by atoms with Crippen molar-refractivity contribution >= 4 is 22.6 Å². The fourth-order valence-electron chi connectivity index (χ4n) is 4.00. The highest BCUT2D eigenvalue weighted by molar-refractivity contribution is 5.91. The number of carbonyl (C=O) groups is 1. The quantitative estimate of drug-likeness (QED) is 0.382. The lowest BCUT2D eigenvalue weighted by atomic mass is 10.1. The van der Waals surface area contributed by atoms with Gasteiger partial charge in [-0.1, -0.05) is 36.4 Å². The highest BCUT2D eigenvalue weighted by Gasteiger charge is 2.17. The van der Waals surface area contributed by atoms with Crippen LogP contribution >= 0.6 is 0 Å². The summed E-state index contributed by atoms with van der Waals surface area (Å²) < 4.78 is 7.41. The zero-order valence-electron chi connectivity index (χ0n) is 19.8. The summed E-state index contributed by atoms with van der Waals surface area (Å²) in [5.74, 6) is 1.52. The second-order valence-corrected chi connectivity index (χ2v) is 8.42. The van der Waals surface area contributed by atoms with Gasteiger partial charge >= 0.3 is 0 Å². The van der Waals surface area contributed by atoms with E-state index in [0.717, 1.165) is 38.9 Å². The number of ether oxygens (including phenoxy) is 1. The summed E-state index contributed by atoms with van der Waals surface area (Å²) in [5, 5.41) is 17.8. The van der Waals surface area contributed by atoms with Crippen LogP contribution in [0.1, 0.15) is 40.7 Å². The second-order valence-electron chi connectivity index (χ2n) is 8.42. The first kappa shape index (κ1) is 23.0. The minimum atomic E-state index is -0.211. The summed E-state index contributed by atoms with van der Waals surface area (Å²) in [7, 11) is 0. The van der Waals surface area contributed by atoms with Crippen LogP contribution in [0.4, 0.5) is 5.82 Å². The number of hydrogen-bond donors (Lipinski definition) is 1. The molecule has 0 aliphatic carbocycles. The first-order valence-electron chi connectivity index (χ1n) is 11.2. The molecule has 0 saturated heterocycles. The van der Waals surface area contributed by atoms with Crippen LogP contribution in [-0.4, -0.2) is 27.3 Å². The van der Waals surface area contributed by atoms with Crippen LogP contribution in [0, 0.1) is 39.0 Å². The number of nitrogens with one attached hydrogen (secondary N) is 1. The first-order chi connectivity index (χ1) is 16.4. The van der Waals surface area contributed by atoms with Crippen LogP contribution in [0.15, 0.2) is 48.7 Å². The first-order valence-corrected chi connectivity index (χ1v) is 11.2. The van der Waals surface area contributed by atoms with Crippen LogP contribution in [0.25, 0.3) is 16.7 Å². The van der Waals surface area contributed by atoms with Crippen molar-refractivity contribution in [2.24, 2.45) is 0 Å². The summed E-state index contributed by atoms with van der Waals surface area (Å²) in [5.41, 5.74) is 5.38. The molecular formula is C27H27N5O2. The Kier molecular flexibility index (Phi) is 6.60. The van der Waals surface area contributed by atoms with Gasteiger partial charge in [0.1, 0.15) is 17.4 Å². The van der Waals surface area contributed by atoms with Crippen molar-refractivity contribution in [3.8, 4) is 17.6 Å². The number of rotatable bonds is 7. The van der Waals surface area contributed by atoms with Crippen LogP contribution in [0.3, 0.4) is 0 Å². The number of amides is 1. The van der Waals surface area contributed by atoms with Gasteiger partial charge in [-0.15, -0.1) is 0 Å². The number of pyridine rings is 1. The molecule has 1 N–H and O–H groups in total. The lowest BCUT2D eigenvalue weighted by molar-refractivity contribution is -0.116. The molecular weight excluding hydrogens is 426 g/mol. The number of para-hydroxylation sites is 2. The van der Waals surface area contributed by atoms with Crippen molar-refractivity contribution in [2.45, 2.75) is 40.5 Å². The monoisotopic (exact) mass is 453 g/mol. The lowest BCUT2D eigenvalue weighted by Gasteiger charge is -2.13. The molecule has 0 unspecified atom stereocenters. The summed E-state index contributed by atoms with van der Waals surface area (Å²) >= 11 is 0. The molecule has 7 nitrogen and oxygen atoms in total. The van der Waals surface area contributed by atoms with Crippen molar-refractivity contribution in [1.29, 1.82) is 5.26 Å². The Morgan fingerprint density at radius 3 is 2.50 bits per heavy atom. The molecule has 4 rings (SSSR count). The predicted molar refractivity (Wildman–Crippen MR) is 132 cm³/mol. The van der Waals surface area contributed by atoms with E-state index < -0.39 is 0 Å². The van der Waals surface area contributed by atoms with E-state index >= 15 is 0 Å². The highest BCUT2D eigenvalue weighted by Crippen LogP contribution is 2.26. The van der Waals surface area contributed by atoms with Gasteiger partial charge in [-0.25, -0.2) is 4.98 Å². The Hall–Kier alpha value is -4.18. The van der Waals surface area contributed by atoms with E-state index in [9.17, 15) is 10.1 Å². The Balaban J connectivity index is 1.50. The molecule has 0 spiro atoms. The molecule has 0 saturated carbocycles. The number of fused-ring (bicyclic) bond motifs is 1. The van der Waals surface area contributed by atoms with Gasteiger partial charge in [0, 0.05) is 11.8 Å². The maximum Gasteiger partial charge on any atom is 0.225 e. The number of carbonyl (C=O) groups excluding carboxylic acids is 1. The van der Waals surface area contributed by atoms with Gasteiger partial charge in [0.25, 0.3) is 0 Å². The van der Waals surface area contributed by atoms with Gasteiger partial charge in [0.2, 0.25) is 5.91 Å². The fraction of sp³-hybridized carbons (Fsp3) is 0.259. The largest absolute Gasteiger partial charge is 0.493 e. The smallest absolute Gasteiger partial charge is 0.225 e. The Labute approximate surface area is 199 Å².